The maximum absolute atomic E-state index is 13.7. The van der Waals surface area contributed by atoms with Crippen molar-refractivity contribution in [2.24, 2.45) is 0 Å². The molecule has 0 spiro atoms. The zero-order valence-corrected chi connectivity index (χ0v) is 14.5. The lowest BCUT2D eigenvalue weighted by atomic mass is 10.0. The number of ether oxygens (including phenoxy) is 1. The smallest absolute Gasteiger partial charge is 0.415 e. The molecule has 0 N–H and O–H groups in total. The molecule has 1 heterocycles. The van der Waals surface area contributed by atoms with E-state index in [1.54, 1.807) is 0 Å². The van der Waals surface area contributed by atoms with Gasteiger partial charge in [-0.15, -0.1) is 0 Å². The van der Waals surface area contributed by atoms with Gasteiger partial charge in [0.05, 0.1) is 5.69 Å². The van der Waals surface area contributed by atoms with Crippen molar-refractivity contribution in [3.8, 4) is 11.1 Å². The fourth-order valence-corrected chi connectivity index (χ4v) is 3.02. The molecule has 0 aliphatic carbocycles. The second-order valence-corrected chi connectivity index (χ2v) is 6.31. The molecular formula is C19H19F3N2O2. The number of nitrogens with zero attached hydrogens (tertiary/aromatic N) is 2. The summed E-state index contributed by atoms with van der Waals surface area (Å²) in [6, 6.07) is 7.05. The van der Waals surface area contributed by atoms with Crippen LogP contribution in [0.4, 0.5) is 23.7 Å². The van der Waals surface area contributed by atoms with Crippen LogP contribution >= 0.6 is 0 Å². The van der Waals surface area contributed by atoms with Gasteiger partial charge in [-0.3, -0.25) is 9.80 Å². The Morgan fingerprint density at radius 3 is 2.58 bits per heavy atom. The second-order valence-electron chi connectivity index (χ2n) is 6.31. The predicted octanol–water partition coefficient (Wildman–Crippen LogP) is 4.40. The first-order valence-corrected chi connectivity index (χ1v) is 8.26. The largest absolute Gasteiger partial charge is 0.430 e. The molecule has 1 fully saturated rings. The molecule has 4 nitrogen and oxygen atoms in total. The standard InChI is InChI=1S/C19H19F3N2O2/c1-23-9-3-4-18(23)26-19(25)24(2)17-8-6-13(20)11-14(17)12-5-7-15(21)16(22)10-12/h5-8,10-11,18H,3-4,9H2,1-2H3/t18-/m0/s1. The molecule has 1 amide bonds. The minimum atomic E-state index is -1.05. The number of hydrogen-bond donors (Lipinski definition) is 0. The van der Waals surface area contributed by atoms with Crippen molar-refractivity contribution in [2.75, 3.05) is 25.5 Å². The van der Waals surface area contributed by atoms with Gasteiger partial charge in [0, 0.05) is 19.2 Å². The molecule has 0 saturated carbocycles. The van der Waals surface area contributed by atoms with Gasteiger partial charge in [-0.2, -0.15) is 0 Å². The van der Waals surface area contributed by atoms with Gasteiger partial charge in [-0.05, 0) is 55.8 Å². The Hall–Kier alpha value is -2.54. The molecule has 1 aliphatic heterocycles. The summed E-state index contributed by atoms with van der Waals surface area (Å²) in [5.41, 5.74) is 0.863. The Bertz CT molecular complexity index is 828. The highest BCUT2D eigenvalue weighted by Crippen LogP contribution is 2.32. The highest BCUT2D eigenvalue weighted by molar-refractivity contribution is 5.93. The molecule has 0 aromatic heterocycles. The summed E-state index contributed by atoms with van der Waals surface area (Å²) in [7, 11) is 3.36. The number of hydrogen-bond acceptors (Lipinski definition) is 3. The number of anilines is 1. The van der Waals surface area contributed by atoms with Crippen molar-refractivity contribution in [1.29, 1.82) is 0 Å². The predicted molar refractivity (Wildman–Crippen MR) is 92.3 cm³/mol. The summed E-state index contributed by atoms with van der Waals surface area (Å²) >= 11 is 0. The number of carbonyl (C=O) groups is 1. The van der Waals surface area contributed by atoms with Gasteiger partial charge in [-0.25, -0.2) is 18.0 Å². The third-order valence-electron chi connectivity index (χ3n) is 4.51. The van der Waals surface area contributed by atoms with Crippen LogP contribution in [-0.2, 0) is 4.74 Å². The number of amides is 1. The van der Waals surface area contributed by atoms with Crippen LogP contribution in [0.2, 0.25) is 0 Å². The fourth-order valence-electron chi connectivity index (χ4n) is 3.02. The summed E-state index contributed by atoms with van der Waals surface area (Å²) < 4.78 is 46.0. The van der Waals surface area contributed by atoms with E-state index in [1.165, 1.54) is 36.2 Å². The van der Waals surface area contributed by atoms with E-state index in [0.29, 0.717) is 5.69 Å². The number of rotatable bonds is 3. The molecule has 2 aromatic carbocycles. The van der Waals surface area contributed by atoms with Crippen LogP contribution in [0, 0.1) is 17.5 Å². The molecule has 1 saturated heterocycles. The normalized spacial score (nSPS) is 17.3. The van der Waals surface area contributed by atoms with Crippen molar-refractivity contribution < 1.29 is 22.7 Å². The van der Waals surface area contributed by atoms with Crippen LogP contribution in [0.15, 0.2) is 36.4 Å². The molecule has 1 atom stereocenters. The van der Waals surface area contributed by atoms with E-state index < -0.39 is 23.5 Å². The zero-order chi connectivity index (χ0) is 18.8. The minimum absolute atomic E-state index is 0.260. The first-order valence-electron chi connectivity index (χ1n) is 8.26. The minimum Gasteiger partial charge on any atom is -0.430 e. The van der Waals surface area contributed by atoms with Crippen LogP contribution < -0.4 is 4.90 Å². The molecule has 0 radical (unpaired) electrons. The molecule has 0 unspecified atom stereocenters. The summed E-state index contributed by atoms with van der Waals surface area (Å²) in [6.45, 7) is 0.846. The van der Waals surface area contributed by atoms with E-state index >= 15 is 0 Å². The van der Waals surface area contributed by atoms with Crippen molar-refractivity contribution >= 4 is 11.8 Å². The van der Waals surface area contributed by atoms with Crippen molar-refractivity contribution in [3.05, 3.63) is 53.8 Å². The van der Waals surface area contributed by atoms with Crippen LogP contribution in [0.1, 0.15) is 12.8 Å². The molecule has 3 rings (SSSR count). The first-order chi connectivity index (χ1) is 12.4. The highest BCUT2D eigenvalue weighted by atomic mass is 19.2. The van der Waals surface area contributed by atoms with Crippen molar-refractivity contribution in [3.63, 3.8) is 0 Å². The van der Waals surface area contributed by atoms with Gasteiger partial charge in [0.1, 0.15) is 5.82 Å². The molecule has 1 aliphatic rings. The molecule has 26 heavy (non-hydrogen) atoms. The van der Waals surface area contributed by atoms with Gasteiger partial charge >= 0.3 is 6.09 Å². The van der Waals surface area contributed by atoms with Gasteiger partial charge < -0.3 is 4.74 Å². The average molecular weight is 364 g/mol. The van der Waals surface area contributed by atoms with Crippen LogP contribution in [-0.4, -0.2) is 37.9 Å². The van der Waals surface area contributed by atoms with Crippen molar-refractivity contribution in [2.45, 2.75) is 19.1 Å². The average Bonchev–Trinajstić information content (AvgIpc) is 3.01. The lowest BCUT2D eigenvalue weighted by Crippen LogP contribution is -2.36. The van der Waals surface area contributed by atoms with E-state index in [0.717, 1.165) is 31.5 Å². The molecular weight excluding hydrogens is 345 g/mol. The number of halogens is 3. The topological polar surface area (TPSA) is 32.8 Å². The molecule has 0 bridgehead atoms. The van der Waals surface area contributed by atoms with Gasteiger partial charge in [0.2, 0.25) is 0 Å². The Morgan fingerprint density at radius 2 is 1.92 bits per heavy atom. The summed E-state index contributed by atoms with van der Waals surface area (Å²) in [5, 5.41) is 0. The molecule has 7 heteroatoms. The quantitative estimate of drug-likeness (QED) is 0.810. The van der Waals surface area contributed by atoms with Crippen LogP contribution in [0.3, 0.4) is 0 Å². The highest BCUT2D eigenvalue weighted by Gasteiger charge is 2.27. The SMILES string of the molecule is CN(C(=O)O[C@H]1CCCN1C)c1ccc(F)cc1-c1ccc(F)c(F)c1. The van der Waals surface area contributed by atoms with E-state index in [1.807, 2.05) is 11.9 Å². The maximum atomic E-state index is 13.7. The van der Waals surface area contributed by atoms with E-state index in [4.69, 9.17) is 4.74 Å². The number of benzene rings is 2. The summed E-state index contributed by atoms with van der Waals surface area (Å²) in [5.74, 6) is -2.59. The zero-order valence-electron chi connectivity index (χ0n) is 14.5. The van der Waals surface area contributed by atoms with Gasteiger partial charge in [0.25, 0.3) is 0 Å². The van der Waals surface area contributed by atoms with E-state index in [9.17, 15) is 18.0 Å². The Balaban J connectivity index is 1.91. The fraction of sp³-hybridized carbons (Fsp3) is 0.316. The third kappa shape index (κ3) is 3.67. The lowest BCUT2D eigenvalue weighted by Gasteiger charge is -2.25. The number of carbonyl (C=O) groups excluding carboxylic acids is 1. The maximum Gasteiger partial charge on any atom is 0.415 e. The van der Waals surface area contributed by atoms with Gasteiger partial charge in [0.15, 0.2) is 17.9 Å². The molecule has 2 aromatic rings. The monoisotopic (exact) mass is 364 g/mol. The van der Waals surface area contributed by atoms with Crippen LogP contribution in [0.25, 0.3) is 11.1 Å². The summed E-state index contributed by atoms with van der Waals surface area (Å²) in [4.78, 5) is 15.7. The first kappa shape index (κ1) is 18.3. The third-order valence-corrected chi connectivity index (χ3v) is 4.51. The summed E-state index contributed by atoms with van der Waals surface area (Å²) in [6.07, 6.45) is 0.779. The van der Waals surface area contributed by atoms with Gasteiger partial charge in [-0.1, -0.05) is 6.07 Å². The van der Waals surface area contributed by atoms with E-state index in [2.05, 4.69) is 0 Å². The van der Waals surface area contributed by atoms with E-state index in [-0.39, 0.29) is 17.4 Å². The number of likely N-dealkylation sites (tertiary alicyclic amines) is 1. The second kappa shape index (κ2) is 7.37. The Morgan fingerprint density at radius 1 is 1.15 bits per heavy atom. The lowest BCUT2D eigenvalue weighted by molar-refractivity contribution is 0.0315. The van der Waals surface area contributed by atoms with Crippen LogP contribution in [0.5, 0.6) is 0 Å². The Kier molecular flexibility index (Phi) is 5.18. The molecule has 138 valence electrons. The Labute approximate surface area is 149 Å². The van der Waals surface area contributed by atoms with Crippen molar-refractivity contribution in [1.82, 2.24) is 4.90 Å².